The highest BCUT2D eigenvalue weighted by Crippen LogP contribution is 1.91. The maximum Gasteiger partial charge on any atom is 0.211 e. The zero-order valence-electron chi connectivity index (χ0n) is 13.9. The molecule has 0 aliphatic rings. The molecule has 0 aliphatic heterocycles. The predicted octanol–water partition coefficient (Wildman–Crippen LogP) is 0.916. The number of nitrogens with zero attached hydrogens (tertiary/aromatic N) is 1. The number of aliphatic imine (C=N–C) groups is 1. The van der Waals surface area contributed by atoms with Gasteiger partial charge in [-0.05, 0) is 33.6 Å². The van der Waals surface area contributed by atoms with Crippen LogP contribution in [0.15, 0.2) is 4.99 Å². The van der Waals surface area contributed by atoms with Crippen molar-refractivity contribution in [3.8, 4) is 0 Å². The molecule has 7 nitrogen and oxygen atoms in total. The summed E-state index contributed by atoms with van der Waals surface area (Å²) in [5, 5.41) is 6.23. The molecule has 0 radical (unpaired) electrons. The van der Waals surface area contributed by atoms with Gasteiger partial charge in [-0.25, -0.2) is 13.1 Å². The van der Waals surface area contributed by atoms with Crippen LogP contribution in [-0.4, -0.2) is 59.5 Å². The molecule has 22 heavy (non-hydrogen) atoms. The van der Waals surface area contributed by atoms with Crippen LogP contribution in [0.2, 0.25) is 0 Å². The van der Waals surface area contributed by atoms with E-state index in [-0.39, 0.29) is 29.7 Å². The fourth-order valence-electron chi connectivity index (χ4n) is 1.48. The number of guanidine groups is 1. The maximum atomic E-state index is 11.3. The van der Waals surface area contributed by atoms with E-state index in [0.29, 0.717) is 19.0 Å². The molecule has 0 bridgehead atoms. The number of nitrogens with one attached hydrogen (secondary N) is 3. The Balaban J connectivity index is 0. The van der Waals surface area contributed by atoms with Gasteiger partial charge in [0.2, 0.25) is 10.0 Å². The zero-order valence-corrected chi connectivity index (χ0v) is 17.0. The number of rotatable bonds is 12. The van der Waals surface area contributed by atoms with Gasteiger partial charge in [-0.2, -0.15) is 0 Å². The number of hydrogen-bond acceptors (Lipinski definition) is 4. The van der Waals surface area contributed by atoms with Gasteiger partial charge in [0.25, 0.3) is 0 Å². The van der Waals surface area contributed by atoms with E-state index in [4.69, 9.17) is 4.74 Å². The van der Waals surface area contributed by atoms with Crippen molar-refractivity contribution in [2.45, 2.75) is 33.6 Å². The van der Waals surface area contributed by atoms with E-state index in [2.05, 4.69) is 20.3 Å². The minimum absolute atomic E-state index is 0. The minimum atomic E-state index is -3.12. The average molecular weight is 450 g/mol. The van der Waals surface area contributed by atoms with Gasteiger partial charge in [-0.3, -0.25) is 4.99 Å². The largest absolute Gasteiger partial charge is 0.382 e. The van der Waals surface area contributed by atoms with Crippen LogP contribution >= 0.6 is 24.0 Å². The van der Waals surface area contributed by atoms with E-state index in [1.807, 2.05) is 13.8 Å². The molecule has 0 aromatic heterocycles. The molecule has 0 amide bonds. The van der Waals surface area contributed by atoms with Crippen molar-refractivity contribution >= 4 is 40.0 Å². The van der Waals surface area contributed by atoms with E-state index < -0.39 is 10.0 Å². The minimum Gasteiger partial charge on any atom is -0.382 e. The number of hydrogen-bond donors (Lipinski definition) is 3. The summed E-state index contributed by atoms with van der Waals surface area (Å²) < 4.78 is 30.3. The van der Waals surface area contributed by atoms with Crippen LogP contribution in [0.4, 0.5) is 0 Å². The van der Waals surface area contributed by atoms with E-state index in [1.165, 1.54) is 0 Å². The Bertz CT molecular complexity index is 377. The predicted molar refractivity (Wildman–Crippen MR) is 103 cm³/mol. The fraction of sp³-hybridized carbons (Fsp3) is 0.923. The summed E-state index contributed by atoms with van der Waals surface area (Å²) in [6, 6.07) is 0. The van der Waals surface area contributed by atoms with E-state index in [9.17, 15) is 8.42 Å². The lowest BCUT2D eigenvalue weighted by atomic mass is 10.3. The van der Waals surface area contributed by atoms with Crippen LogP contribution in [0.5, 0.6) is 0 Å². The van der Waals surface area contributed by atoms with Crippen LogP contribution < -0.4 is 15.4 Å². The molecule has 0 saturated carbocycles. The topological polar surface area (TPSA) is 91.8 Å². The Morgan fingerprint density at radius 2 is 1.82 bits per heavy atom. The first kappa shape index (κ1) is 24.1. The molecule has 0 atom stereocenters. The summed E-state index contributed by atoms with van der Waals surface area (Å²) in [4.78, 5) is 4.43. The van der Waals surface area contributed by atoms with Crippen molar-refractivity contribution in [3.05, 3.63) is 0 Å². The smallest absolute Gasteiger partial charge is 0.211 e. The highest BCUT2D eigenvalue weighted by atomic mass is 127. The van der Waals surface area contributed by atoms with Crippen molar-refractivity contribution in [2.24, 2.45) is 4.99 Å². The van der Waals surface area contributed by atoms with Crippen molar-refractivity contribution in [1.82, 2.24) is 15.4 Å². The lowest BCUT2D eigenvalue weighted by Crippen LogP contribution is -2.41. The summed E-state index contributed by atoms with van der Waals surface area (Å²) >= 11 is 0. The highest BCUT2D eigenvalue weighted by Gasteiger charge is 2.04. The standard InChI is InChI=1S/C13H30N4O3S.HI/c1-4-14-13(15-9-7-8-12-20-5-2)16-10-11-17-21(18,19)6-3;/h17H,4-12H2,1-3H3,(H2,14,15,16);1H. The number of ether oxygens (including phenoxy) is 1. The second-order valence-electron chi connectivity index (χ2n) is 4.39. The number of halogens is 1. The van der Waals surface area contributed by atoms with Gasteiger partial charge in [0, 0.05) is 39.4 Å². The molecular weight excluding hydrogens is 419 g/mol. The Labute approximate surface area is 152 Å². The Morgan fingerprint density at radius 1 is 1.09 bits per heavy atom. The van der Waals surface area contributed by atoms with E-state index in [1.54, 1.807) is 6.92 Å². The summed E-state index contributed by atoms with van der Waals surface area (Å²) in [6.07, 6.45) is 1.96. The molecule has 134 valence electrons. The molecule has 3 N–H and O–H groups in total. The maximum absolute atomic E-state index is 11.3. The summed E-state index contributed by atoms with van der Waals surface area (Å²) in [5.41, 5.74) is 0. The molecule has 0 heterocycles. The van der Waals surface area contributed by atoms with E-state index in [0.717, 1.165) is 39.1 Å². The molecular formula is C13H31IN4O3S. The lowest BCUT2D eigenvalue weighted by molar-refractivity contribution is 0.144. The third kappa shape index (κ3) is 14.8. The first-order valence-electron chi connectivity index (χ1n) is 7.63. The van der Waals surface area contributed by atoms with Crippen molar-refractivity contribution in [1.29, 1.82) is 0 Å². The number of sulfonamides is 1. The third-order valence-electron chi connectivity index (χ3n) is 2.63. The average Bonchev–Trinajstić information content (AvgIpc) is 2.47. The molecule has 0 aromatic rings. The second kappa shape index (κ2) is 15.8. The molecule has 0 aromatic carbocycles. The van der Waals surface area contributed by atoms with E-state index >= 15 is 0 Å². The van der Waals surface area contributed by atoms with Gasteiger partial charge >= 0.3 is 0 Å². The first-order valence-corrected chi connectivity index (χ1v) is 9.28. The molecule has 0 rings (SSSR count). The lowest BCUT2D eigenvalue weighted by Gasteiger charge is -2.11. The quantitative estimate of drug-likeness (QED) is 0.178. The molecule has 0 fully saturated rings. The Kier molecular flexibility index (Phi) is 17.3. The Morgan fingerprint density at radius 3 is 2.41 bits per heavy atom. The summed E-state index contributed by atoms with van der Waals surface area (Å²) in [7, 11) is -3.12. The summed E-state index contributed by atoms with van der Waals surface area (Å²) in [5.74, 6) is 0.811. The van der Waals surface area contributed by atoms with Gasteiger partial charge in [0.05, 0.1) is 5.75 Å². The molecule has 0 spiro atoms. The summed E-state index contributed by atoms with van der Waals surface area (Å²) in [6.45, 7) is 9.47. The van der Waals surface area contributed by atoms with Crippen LogP contribution in [0, 0.1) is 0 Å². The van der Waals surface area contributed by atoms with Crippen LogP contribution in [0.25, 0.3) is 0 Å². The SMILES string of the molecule is CCNC(=NCCCCOCC)NCCNS(=O)(=O)CC.I. The molecule has 0 aliphatic carbocycles. The van der Waals surface area contributed by atoms with Crippen molar-refractivity contribution in [3.63, 3.8) is 0 Å². The molecule has 0 unspecified atom stereocenters. The highest BCUT2D eigenvalue weighted by molar-refractivity contribution is 14.0. The van der Waals surface area contributed by atoms with Gasteiger partial charge in [0.1, 0.15) is 0 Å². The van der Waals surface area contributed by atoms with Gasteiger partial charge in [-0.15, -0.1) is 24.0 Å². The van der Waals surface area contributed by atoms with Crippen LogP contribution in [0.1, 0.15) is 33.6 Å². The Hall–Kier alpha value is -0.130. The van der Waals surface area contributed by atoms with Gasteiger partial charge < -0.3 is 15.4 Å². The normalized spacial score (nSPS) is 11.9. The van der Waals surface area contributed by atoms with Crippen molar-refractivity contribution in [2.75, 3.05) is 45.1 Å². The van der Waals surface area contributed by atoms with Crippen LogP contribution in [-0.2, 0) is 14.8 Å². The van der Waals surface area contributed by atoms with Crippen molar-refractivity contribution < 1.29 is 13.2 Å². The molecule has 0 saturated heterocycles. The third-order valence-corrected chi connectivity index (χ3v) is 4.04. The second-order valence-corrected chi connectivity index (χ2v) is 6.48. The molecule has 9 heteroatoms. The first-order chi connectivity index (χ1) is 10.1. The zero-order chi connectivity index (χ0) is 16.0. The monoisotopic (exact) mass is 450 g/mol. The number of unbranched alkanes of at least 4 members (excludes halogenated alkanes) is 1. The van der Waals surface area contributed by atoms with Gasteiger partial charge in [-0.1, -0.05) is 0 Å². The fourth-order valence-corrected chi connectivity index (χ4v) is 2.10. The van der Waals surface area contributed by atoms with Crippen LogP contribution in [0.3, 0.4) is 0 Å². The van der Waals surface area contributed by atoms with Gasteiger partial charge in [0.15, 0.2) is 5.96 Å².